The molecule has 22 heavy (non-hydrogen) atoms. The van der Waals surface area contributed by atoms with Gasteiger partial charge in [-0.1, -0.05) is 0 Å². The first kappa shape index (κ1) is 18.3. The lowest BCUT2D eigenvalue weighted by atomic mass is 9.95. The number of rotatable bonds is 4. The zero-order chi connectivity index (χ0) is 17.0. The van der Waals surface area contributed by atoms with E-state index in [9.17, 15) is 24.6 Å². The number of ether oxygens (including phenoxy) is 4. The molecule has 0 aromatic rings. The molecule has 9 nitrogen and oxygen atoms in total. The summed E-state index contributed by atoms with van der Waals surface area (Å²) in [6, 6.07) is 0. The molecule has 9 heteroatoms. The highest BCUT2D eigenvalue weighted by Gasteiger charge is 2.52. The fraction of sp³-hybridized carbons (Fsp3) is 0.769. The minimum Gasteiger partial charge on any atom is -0.455 e. The summed E-state index contributed by atoms with van der Waals surface area (Å²) in [4.78, 5) is 33.6. The van der Waals surface area contributed by atoms with E-state index in [2.05, 4.69) is 0 Å². The Labute approximate surface area is 127 Å². The van der Waals surface area contributed by atoms with Gasteiger partial charge in [-0.15, -0.1) is 0 Å². The second-order valence-electron chi connectivity index (χ2n) is 4.96. The van der Waals surface area contributed by atoms with Crippen molar-refractivity contribution in [2.45, 2.75) is 64.5 Å². The third-order valence-electron chi connectivity index (χ3n) is 2.92. The van der Waals surface area contributed by atoms with E-state index in [4.69, 9.17) is 18.9 Å². The predicted molar refractivity (Wildman–Crippen MR) is 69.2 cm³/mol. The first-order valence-corrected chi connectivity index (χ1v) is 6.66. The van der Waals surface area contributed by atoms with Crippen molar-refractivity contribution < 1.29 is 43.5 Å². The molecule has 0 bridgehead atoms. The molecule has 0 radical (unpaired) electrons. The largest absolute Gasteiger partial charge is 0.455 e. The third kappa shape index (κ3) is 4.65. The lowest BCUT2D eigenvalue weighted by molar-refractivity contribution is -0.304. The van der Waals surface area contributed by atoms with Crippen molar-refractivity contribution in [3.05, 3.63) is 0 Å². The fourth-order valence-electron chi connectivity index (χ4n) is 2.15. The molecule has 0 aromatic carbocycles. The molecule has 0 amide bonds. The summed E-state index contributed by atoms with van der Waals surface area (Å²) in [6.45, 7) is 4.65. The van der Waals surface area contributed by atoms with Crippen LogP contribution in [0.1, 0.15) is 27.7 Å². The van der Waals surface area contributed by atoms with E-state index >= 15 is 0 Å². The number of carbonyl (C=O) groups excluding carboxylic acids is 3. The van der Waals surface area contributed by atoms with Crippen LogP contribution < -0.4 is 0 Å². The molecular weight excluding hydrogens is 300 g/mol. The van der Waals surface area contributed by atoms with E-state index in [-0.39, 0.29) is 0 Å². The predicted octanol–water partition coefficient (Wildman–Crippen LogP) is -1.12. The van der Waals surface area contributed by atoms with Gasteiger partial charge in [-0.3, -0.25) is 14.4 Å². The fourth-order valence-corrected chi connectivity index (χ4v) is 2.15. The average Bonchev–Trinajstić information content (AvgIpc) is 2.35. The molecule has 1 unspecified atom stereocenters. The Kier molecular flexibility index (Phi) is 6.27. The number of carbonyl (C=O) groups is 3. The molecule has 1 aliphatic heterocycles. The van der Waals surface area contributed by atoms with Gasteiger partial charge in [0.1, 0.15) is 12.2 Å². The van der Waals surface area contributed by atoms with E-state index in [1.807, 2.05) is 0 Å². The summed E-state index contributed by atoms with van der Waals surface area (Å²) in [5, 5.41) is 19.8. The highest BCUT2D eigenvalue weighted by molar-refractivity contribution is 5.68. The minimum absolute atomic E-state index is 0.732. The zero-order valence-corrected chi connectivity index (χ0v) is 12.7. The quantitative estimate of drug-likeness (QED) is 0.488. The smallest absolute Gasteiger partial charge is 0.305 e. The Hall–Kier alpha value is -1.71. The summed E-state index contributed by atoms with van der Waals surface area (Å²) < 4.78 is 20.1. The van der Waals surface area contributed by atoms with Crippen molar-refractivity contribution in [2.24, 2.45) is 0 Å². The molecule has 1 aliphatic rings. The van der Waals surface area contributed by atoms with Gasteiger partial charge in [0.05, 0.1) is 6.10 Å². The van der Waals surface area contributed by atoms with Gasteiger partial charge in [-0.05, 0) is 6.92 Å². The van der Waals surface area contributed by atoms with Crippen LogP contribution in [-0.4, -0.2) is 64.9 Å². The molecule has 0 aliphatic carbocycles. The summed E-state index contributed by atoms with van der Waals surface area (Å²) in [7, 11) is 0. The summed E-state index contributed by atoms with van der Waals surface area (Å²) in [5.41, 5.74) is 0. The monoisotopic (exact) mass is 320 g/mol. The zero-order valence-electron chi connectivity index (χ0n) is 12.7. The number of aliphatic hydroxyl groups is 2. The van der Waals surface area contributed by atoms with Crippen molar-refractivity contribution >= 4 is 17.9 Å². The van der Waals surface area contributed by atoms with Crippen LogP contribution in [0.25, 0.3) is 0 Å². The van der Waals surface area contributed by atoms with Crippen molar-refractivity contribution in [1.82, 2.24) is 0 Å². The van der Waals surface area contributed by atoms with Crippen LogP contribution in [0.3, 0.4) is 0 Å². The molecule has 2 N–H and O–H groups in total. The molecule has 126 valence electrons. The van der Waals surface area contributed by atoms with Crippen LogP contribution in [0.2, 0.25) is 0 Å². The van der Waals surface area contributed by atoms with Crippen molar-refractivity contribution in [1.29, 1.82) is 0 Å². The molecule has 0 saturated carbocycles. The van der Waals surface area contributed by atoms with Gasteiger partial charge in [0.25, 0.3) is 0 Å². The molecular formula is C13H20O9. The highest BCUT2D eigenvalue weighted by Crippen LogP contribution is 2.28. The number of esters is 3. The normalized spacial score (nSPS) is 32.7. The van der Waals surface area contributed by atoms with Gasteiger partial charge in [-0.2, -0.15) is 0 Å². The van der Waals surface area contributed by atoms with Gasteiger partial charge >= 0.3 is 17.9 Å². The number of hydrogen-bond acceptors (Lipinski definition) is 9. The van der Waals surface area contributed by atoms with E-state index in [1.165, 1.54) is 6.92 Å². The summed E-state index contributed by atoms with van der Waals surface area (Å²) >= 11 is 0. The van der Waals surface area contributed by atoms with Crippen molar-refractivity contribution in [3.8, 4) is 0 Å². The van der Waals surface area contributed by atoms with Crippen molar-refractivity contribution in [3.63, 3.8) is 0 Å². The van der Waals surface area contributed by atoms with E-state index in [1.54, 1.807) is 0 Å². The summed E-state index contributed by atoms with van der Waals surface area (Å²) in [5.74, 6) is -2.22. The lowest BCUT2D eigenvalue weighted by Gasteiger charge is -2.43. The van der Waals surface area contributed by atoms with E-state index in [0.717, 1.165) is 20.8 Å². The molecule has 1 rings (SSSR count). The first-order chi connectivity index (χ1) is 10.1. The molecule has 6 atom stereocenters. The third-order valence-corrected chi connectivity index (χ3v) is 2.92. The average molecular weight is 320 g/mol. The second-order valence-corrected chi connectivity index (χ2v) is 4.96. The van der Waals surface area contributed by atoms with Crippen molar-refractivity contribution in [2.75, 3.05) is 0 Å². The molecule has 0 aromatic heterocycles. The number of hydrogen-bond donors (Lipinski definition) is 2. The maximum atomic E-state index is 11.2. The Bertz CT molecular complexity index is 433. The van der Waals surface area contributed by atoms with Crippen LogP contribution in [0, 0.1) is 0 Å². The van der Waals surface area contributed by atoms with Crippen LogP contribution in [0.15, 0.2) is 0 Å². The van der Waals surface area contributed by atoms with Gasteiger partial charge in [-0.25, -0.2) is 0 Å². The molecule has 1 fully saturated rings. The minimum atomic E-state index is -1.47. The Balaban J connectivity index is 3.12. The lowest BCUT2D eigenvalue weighted by Crippen LogP contribution is -2.63. The van der Waals surface area contributed by atoms with E-state index < -0.39 is 54.7 Å². The standard InChI is InChI=1S/C13H20O9/c1-5(14)10-9(18)11(19-6(2)15)12(20-7(3)16)13(22-10)21-8(4)17/h5,9-14,18H,1-4H3/t5-,9-,10-,11+,12+,13?/m1/s1. The molecule has 1 saturated heterocycles. The summed E-state index contributed by atoms with van der Waals surface area (Å²) in [6.07, 6.45) is -7.94. The molecule has 0 spiro atoms. The Morgan fingerprint density at radius 1 is 0.955 bits per heavy atom. The molecule has 1 heterocycles. The maximum Gasteiger partial charge on any atom is 0.305 e. The van der Waals surface area contributed by atoms with Gasteiger partial charge < -0.3 is 29.2 Å². The Morgan fingerprint density at radius 3 is 1.82 bits per heavy atom. The Morgan fingerprint density at radius 2 is 1.41 bits per heavy atom. The van der Waals surface area contributed by atoms with Gasteiger partial charge in [0.15, 0.2) is 6.10 Å². The van der Waals surface area contributed by atoms with E-state index in [0.29, 0.717) is 0 Å². The van der Waals surface area contributed by atoms with Gasteiger partial charge in [0.2, 0.25) is 12.4 Å². The SMILES string of the molecule is CC(=O)OC1O[C@H]([C@@H](C)O)[C@@H](O)[C@H](OC(C)=O)[C@@H]1OC(C)=O. The first-order valence-electron chi connectivity index (χ1n) is 6.66. The van der Waals surface area contributed by atoms with Crippen LogP contribution in [0.5, 0.6) is 0 Å². The maximum absolute atomic E-state index is 11.2. The highest BCUT2D eigenvalue weighted by atomic mass is 16.7. The topological polar surface area (TPSA) is 129 Å². The second kappa shape index (κ2) is 7.52. The van der Waals surface area contributed by atoms with Crippen LogP contribution in [-0.2, 0) is 33.3 Å². The van der Waals surface area contributed by atoms with Crippen LogP contribution in [0.4, 0.5) is 0 Å². The number of aliphatic hydroxyl groups excluding tert-OH is 2. The van der Waals surface area contributed by atoms with Crippen LogP contribution >= 0.6 is 0 Å². The van der Waals surface area contributed by atoms with Gasteiger partial charge in [0, 0.05) is 20.8 Å².